The second kappa shape index (κ2) is 4.44. The van der Waals surface area contributed by atoms with Crippen molar-refractivity contribution in [3.8, 4) is 0 Å². The van der Waals surface area contributed by atoms with Crippen LogP contribution in [0.15, 0.2) is 10.3 Å². The quantitative estimate of drug-likeness (QED) is 0.688. The molecule has 4 nitrogen and oxygen atoms in total. The normalized spacial score (nSPS) is 26.9. The highest BCUT2D eigenvalue weighted by molar-refractivity contribution is 5.86. The lowest BCUT2D eigenvalue weighted by Gasteiger charge is -2.10. The lowest BCUT2D eigenvalue weighted by atomic mass is 9.94. The lowest BCUT2D eigenvalue weighted by molar-refractivity contribution is 0.151. The number of nitrogens with zero attached hydrogens (tertiary/aromatic N) is 2. The van der Waals surface area contributed by atoms with E-state index in [9.17, 15) is 0 Å². The molecule has 0 aliphatic carbocycles. The molecule has 0 N–H and O–H groups in total. The van der Waals surface area contributed by atoms with Crippen LogP contribution >= 0.6 is 0 Å². The van der Waals surface area contributed by atoms with Crippen LogP contribution in [0.5, 0.6) is 0 Å². The Morgan fingerprint density at radius 2 is 2.50 bits per heavy atom. The van der Waals surface area contributed by atoms with Crippen molar-refractivity contribution >= 4 is 11.9 Å². The van der Waals surface area contributed by atoms with Gasteiger partial charge in [-0.2, -0.15) is 0 Å². The van der Waals surface area contributed by atoms with Crippen molar-refractivity contribution in [1.29, 1.82) is 0 Å². The molecule has 2 heterocycles. The van der Waals surface area contributed by atoms with Gasteiger partial charge in [0.1, 0.15) is 13.2 Å². The van der Waals surface area contributed by atoms with Crippen LogP contribution < -0.4 is 0 Å². The summed E-state index contributed by atoms with van der Waals surface area (Å²) < 4.78 is 0. The van der Waals surface area contributed by atoms with Crippen molar-refractivity contribution in [2.75, 3.05) is 13.2 Å². The van der Waals surface area contributed by atoms with Crippen LogP contribution in [0.3, 0.4) is 0 Å². The summed E-state index contributed by atoms with van der Waals surface area (Å²) in [4.78, 5) is 9.92. The first-order valence-corrected chi connectivity index (χ1v) is 5.20. The van der Waals surface area contributed by atoms with Gasteiger partial charge in [0.2, 0.25) is 0 Å². The molecular weight excluding hydrogens is 180 g/mol. The smallest absolute Gasteiger partial charge is 0.125 e. The predicted octanol–water partition coefficient (Wildman–Crippen LogP) is 1.81. The highest BCUT2D eigenvalue weighted by Gasteiger charge is 2.19. The molecule has 14 heavy (non-hydrogen) atoms. The van der Waals surface area contributed by atoms with Crippen molar-refractivity contribution in [2.24, 2.45) is 22.1 Å². The summed E-state index contributed by atoms with van der Waals surface area (Å²) in [5.41, 5.74) is 1.21. The first-order valence-electron chi connectivity index (χ1n) is 5.20. The average molecular weight is 196 g/mol. The summed E-state index contributed by atoms with van der Waals surface area (Å²) in [5, 5.41) is 7.79. The molecule has 0 saturated carbocycles. The summed E-state index contributed by atoms with van der Waals surface area (Å²) in [6.07, 6.45) is 5.17. The van der Waals surface area contributed by atoms with E-state index in [0.29, 0.717) is 11.8 Å². The molecule has 0 aromatic carbocycles. The molecule has 0 amide bonds. The van der Waals surface area contributed by atoms with E-state index >= 15 is 0 Å². The molecule has 2 atom stereocenters. The molecule has 0 aromatic rings. The van der Waals surface area contributed by atoms with Crippen molar-refractivity contribution in [2.45, 2.75) is 26.2 Å². The summed E-state index contributed by atoms with van der Waals surface area (Å²) in [6.45, 7) is 3.71. The highest BCUT2D eigenvalue weighted by atomic mass is 16.6. The molecule has 4 heteroatoms. The van der Waals surface area contributed by atoms with Crippen molar-refractivity contribution in [3.05, 3.63) is 0 Å². The Morgan fingerprint density at radius 1 is 1.57 bits per heavy atom. The van der Waals surface area contributed by atoms with Gasteiger partial charge in [0.15, 0.2) is 0 Å². The van der Waals surface area contributed by atoms with Crippen LogP contribution in [0.2, 0.25) is 0 Å². The largest absolute Gasteiger partial charge is 0.395 e. The van der Waals surface area contributed by atoms with Gasteiger partial charge in [-0.1, -0.05) is 17.2 Å². The Hall–Kier alpha value is -1.06. The van der Waals surface area contributed by atoms with E-state index in [4.69, 9.17) is 9.68 Å². The molecule has 78 valence electrons. The number of rotatable bonds is 4. The fraction of sp³-hybridized carbons (Fsp3) is 0.800. The molecule has 0 saturated heterocycles. The Morgan fingerprint density at radius 3 is 3.14 bits per heavy atom. The van der Waals surface area contributed by atoms with Crippen molar-refractivity contribution in [1.82, 2.24) is 0 Å². The Balaban J connectivity index is 1.71. The third-order valence-electron chi connectivity index (χ3n) is 2.81. The second-order valence-electron chi connectivity index (χ2n) is 3.95. The molecule has 0 bridgehead atoms. The van der Waals surface area contributed by atoms with E-state index in [-0.39, 0.29) is 0 Å². The van der Waals surface area contributed by atoms with Crippen LogP contribution in [0, 0.1) is 11.8 Å². The summed E-state index contributed by atoms with van der Waals surface area (Å²) in [6, 6.07) is 0. The second-order valence-corrected chi connectivity index (χ2v) is 3.95. The first-order chi connectivity index (χ1) is 6.86. The fourth-order valence-corrected chi connectivity index (χ4v) is 1.76. The van der Waals surface area contributed by atoms with E-state index in [1.165, 1.54) is 5.71 Å². The van der Waals surface area contributed by atoms with E-state index in [2.05, 4.69) is 17.2 Å². The van der Waals surface area contributed by atoms with Gasteiger partial charge >= 0.3 is 0 Å². The minimum Gasteiger partial charge on any atom is -0.395 e. The topological polar surface area (TPSA) is 43.2 Å². The minimum atomic E-state index is 0.500. The third-order valence-corrected chi connectivity index (χ3v) is 2.81. The van der Waals surface area contributed by atoms with E-state index in [1.807, 2.05) is 6.21 Å². The van der Waals surface area contributed by atoms with Crippen LogP contribution in [0.4, 0.5) is 0 Å². The molecule has 0 radical (unpaired) electrons. The zero-order chi connectivity index (χ0) is 9.80. The van der Waals surface area contributed by atoms with Crippen LogP contribution in [0.25, 0.3) is 0 Å². The van der Waals surface area contributed by atoms with Crippen molar-refractivity contribution < 1.29 is 9.68 Å². The number of oxime groups is 2. The molecule has 0 spiro atoms. The van der Waals surface area contributed by atoms with Gasteiger partial charge in [0.05, 0.1) is 11.9 Å². The average Bonchev–Trinajstić information content (AvgIpc) is 2.87. The third kappa shape index (κ3) is 2.25. The van der Waals surface area contributed by atoms with Crippen LogP contribution in [0.1, 0.15) is 26.2 Å². The van der Waals surface area contributed by atoms with Crippen LogP contribution in [-0.2, 0) is 9.68 Å². The molecule has 2 aliphatic heterocycles. The zero-order valence-corrected chi connectivity index (χ0v) is 8.48. The van der Waals surface area contributed by atoms with Gasteiger partial charge in [0.25, 0.3) is 0 Å². The monoisotopic (exact) mass is 196 g/mol. The molecule has 0 aromatic heterocycles. The Labute approximate surface area is 83.9 Å². The Kier molecular flexibility index (Phi) is 3.01. The Bertz CT molecular complexity index is 251. The number of hydrogen-bond donors (Lipinski definition) is 0. The highest BCUT2D eigenvalue weighted by Crippen LogP contribution is 2.19. The maximum absolute atomic E-state index is 4.99. The number of hydrogen-bond acceptors (Lipinski definition) is 4. The van der Waals surface area contributed by atoms with Crippen molar-refractivity contribution in [3.63, 3.8) is 0 Å². The van der Waals surface area contributed by atoms with Gasteiger partial charge in [-0.25, -0.2) is 0 Å². The summed E-state index contributed by atoms with van der Waals surface area (Å²) in [5.74, 6) is 1.03. The SMILES string of the molecule is CC(CCC1C=NOC1)C1=NOCC1. The predicted molar refractivity (Wildman–Crippen MR) is 54.3 cm³/mol. The van der Waals surface area contributed by atoms with Gasteiger partial charge in [-0.05, 0) is 18.8 Å². The molecule has 2 aliphatic rings. The maximum Gasteiger partial charge on any atom is 0.125 e. The lowest BCUT2D eigenvalue weighted by Crippen LogP contribution is -2.12. The maximum atomic E-state index is 4.99. The molecule has 0 fully saturated rings. The molecule has 2 unspecified atom stereocenters. The zero-order valence-electron chi connectivity index (χ0n) is 8.48. The van der Waals surface area contributed by atoms with Gasteiger partial charge in [-0.3, -0.25) is 0 Å². The minimum absolute atomic E-state index is 0.500. The van der Waals surface area contributed by atoms with Gasteiger partial charge < -0.3 is 9.68 Å². The van der Waals surface area contributed by atoms with Gasteiger partial charge in [-0.15, -0.1) is 0 Å². The van der Waals surface area contributed by atoms with E-state index < -0.39 is 0 Å². The van der Waals surface area contributed by atoms with E-state index in [0.717, 1.165) is 32.5 Å². The van der Waals surface area contributed by atoms with Crippen LogP contribution in [-0.4, -0.2) is 25.1 Å². The summed E-state index contributed by atoms with van der Waals surface area (Å²) in [7, 11) is 0. The standard InChI is InChI=1S/C10H16N2O2/c1-8(10-4-5-13-12-10)2-3-9-6-11-14-7-9/h6,8-9H,2-5,7H2,1H3. The molecular formula is C10H16N2O2. The van der Waals surface area contributed by atoms with E-state index in [1.54, 1.807) is 0 Å². The van der Waals surface area contributed by atoms with Gasteiger partial charge in [0, 0.05) is 12.3 Å². The summed E-state index contributed by atoms with van der Waals surface area (Å²) >= 11 is 0. The molecule has 2 rings (SSSR count). The first kappa shape index (κ1) is 9.49. The fourth-order valence-electron chi connectivity index (χ4n) is 1.76.